The Kier molecular flexibility index (Phi) is 7.55. The number of pyridine rings is 2. The van der Waals surface area contributed by atoms with Crippen LogP contribution < -0.4 is 16.2 Å². The normalized spacial score (nSPS) is 15.2. The van der Waals surface area contributed by atoms with Gasteiger partial charge in [-0.05, 0) is 71.0 Å². The Morgan fingerprint density at radius 3 is 2.53 bits per heavy atom. The number of rotatable bonds is 4. The zero-order valence-corrected chi connectivity index (χ0v) is 23.7. The van der Waals surface area contributed by atoms with Gasteiger partial charge < -0.3 is 10.8 Å². The van der Waals surface area contributed by atoms with Gasteiger partial charge in [-0.1, -0.05) is 61.0 Å². The van der Waals surface area contributed by atoms with Crippen molar-refractivity contribution < 1.29 is 19.1 Å². The number of aliphatic hydroxyl groups is 1. The van der Waals surface area contributed by atoms with Gasteiger partial charge in [0.05, 0.1) is 5.92 Å². The van der Waals surface area contributed by atoms with Crippen LogP contribution in [0.25, 0.3) is 33.2 Å². The molecule has 0 spiro atoms. The number of hydrogen-bond donors (Lipinski definition) is 2. The van der Waals surface area contributed by atoms with E-state index in [0.29, 0.717) is 29.9 Å². The van der Waals surface area contributed by atoms with E-state index < -0.39 is 5.91 Å². The van der Waals surface area contributed by atoms with E-state index in [0.717, 1.165) is 56.3 Å². The average Bonchev–Trinajstić information content (AvgIpc) is 3.03. The van der Waals surface area contributed by atoms with Crippen molar-refractivity contribution in [3.63, 3.8) is 0 Å². The maximum Gasteiger partial charge on any atom is 0.267 e. The number of nitrogens with two attached hydrogens (primary N) is 1. The molecule has 1 amide bonds. The number of Topliss-reactive ketones (excluding diaryl/α,β-unsaturated/α-hetero) is 1. The quantitative estimate of drug-likeness (QED) is 0.285. The standard InChI is InChI=1S/C27H23FO2.C9H7N3O/c1-2-17-9-14-24(29)25-19(17)12-13-22-20-5-3-4-6-21(20)23(27(30)26(22)25)15-16-7-10-18(28)11-8-16;10-9(13)8-7-2-3-11-5-6(7)1-4-12-8/h3-8,10-13,23,29H,2,9,14-15H2,1H3;1-5H,(H2,10,13). The number of ketones is 1. The maximum atomic E-state index is 13.9. The lowest BCUT2D eigenvalue weighted by Crippen LogP contribution is -2.40. The summed E-state index contributed by atoms with van der Waals surface area (Å²) in [5.74, 6) is -0.806. The fourth-order valence-electron chi connectivity index (χ4n) is 6.21. The van der Waals surface area contributed by atoms with E-state index in [9.17, 15) is 19.1 Å². The third-order valence-corrected chi connectivity index (χ3v) is 8.31. The minimum Gasteiger partial charge on any atom is -0.512 e. The van der Waals surface area contributed by atoms with Crippen molar-refractivity contribution in [1.82, 2.24) is 9.97 Å². The lowest BCUT2D eigenvalue weighted by atomic mass is 9.74. The van der Waals surface area contributed by atoms with E-state index in [4.69, 9.17) is 5.73 Å². The Balaban J connectivity index is 0.000000211. The Labute approximate surface area is 248 Å². The highest BCUT2D eigenvalue weighted by Gasteiger charge is 2.34. The Morgan fingerprint density at radius 1 is 0.977 bits per heavy atom. The Bertz CT molecular complexity index is 2010. The molecule has 2 aliphatic carbocycles. The summed E-state index contributed by atoms with van der Waals surface area (Å²) >= 11 is 0. The van der Waals surface area contributed by atoms with Gasteiger partial charge in [0.15, 0.2) is 5.78 Å². The number of nitrogens with zero attached hydrogens (tertiary/aromatic N) is 2. The number of carbonyl (C=O) groups is 2. The molecule has 0 radical (unpaired) electrons. The molecular formula is C36H30FN3O3. The predicted octanol–water partition coefficient (Wildman–Crippen LogP) is 5.76. The highest BCUT2D eigenvalue weighted by atomic mass is 19.1. The third-order valence-electron chi connectivity index (χ3n) is 8.31. The van der Waals surface area contributed by atoms with Gasteiger partial charge in [-0.25, -0.2) is 4.39 Å². The largest absolute Gasteiger partial charge is 0.512 e. The average molecular weight is 572 g/mol. The number of hydrogen-bond acceptors (Lipinski definition) is 5. The van der Waals surface area contributed by atoms with Gasteiger partial charge in [0.25, 0.3) is 5.91 Å². The third kappa shape index (κ3) is 5.18. The molecule has 0 saturated carbocycles. The summed E-state index contributed by atoms with van der Waals surface area (Å²) in [6.45, 7) is 2.12. The summed E-state index contributed by atoms with van der Waals surface area (Å²) < 4.78 is 13.4. The van der Waals surface area contributed by atoms with Crippen molar-refractivity contribution in [2.45, 2.75) is 38.5 Å². The Morgan fingerprint density at radius 2 is 1.77 bits per heavy atom. The first-order valence-corrected chi connectivity index (χ1v) is 14.3. The first-order valence-electron chi connectivity index (χ1n) is 14.3. The summed E-state index contributed by atoms with van der Waals surface area (Å²) in [4.78, 5) is 32.6. The van der Waals surface area contributed by atoms with Crippen molar-refractivity contribution in [2.75, 3.05) is 0 Å². The van der Waals surface area contributed by atoms with E-state index in [-0.39, 0.29) is 17.5 Å². The molecule has 5 aromatic rings. The molecule has 2 heterocycles. The smallest absolute Gasteiger partial charge is 0.267 e. The highest BCUT2D eigenvalue weighted by molar-refractivity contribution is 6.11. The second-order valence-corrected chi connectivity index (χ2v) is 10.8. The van der Waals surface area contributed by atoms with Crippen molar-refractivity contribution in [2.24, 2.45) is 5.73 Å². The molecule has 6 nitrogen and oxygen atoms in total. The van der Waals surface area contributed by atoms with Gasteiger partial charge in [-0.2, -0.15) is 0 Å². The first kappa shape index (κ1) is 28.0. The second-order valence-electron chi connectivity index (χ2n) is 10.8. The molecule has 0 bridgehead atoms. The maximum absolute atomic E-state index is 13.9. The van der Waals surface area contributed by atoms with Crippen LogP contribution in [0.2, 0.25) is 0 Å². The fourth-order valence-corrected chi connectivity index (χ4v) is 6.21. The molecule has 1 atom stereocenters. The molecule has 7 heteroatoms. The van der Waals surface area contributed by atoms with Crippen LogP contribution in [0.4, 0.5) is 4.39 Å². The molecule has 0 aliphatic heterocycles. The molecule has 43 heavy (non-hydrogen) atoms. The molecule has 0 fully saturated rings. The van der Waals surface area contributed by atoms with Gasteiger partial charge in [0.2, 0.25) is 0 Å². The van der Waals surface area contributed by atoms with E-state index in [1.165, 1.54) is 17.7 Å². The Hall–Kier alpha value is -5.17. The molecule has 0 saturated heterocycles. The molecule has 2 aliphatic rings. The van der Waals surface area contributed by atoms with Crippen molar-refractivity contribution in [1.29, 1.82) is 0 Å². The lowest BCUT2D eigenvalue weighted by molar-refractivity contribution is 0.0954. The molecule has 214 valence electrons. The molecule has 2 aromatic heterocycles. The first-order chi connectivity index (χ1) is 20.9. The van der Waals surface area contributed by atoms with Crippen molar-refractivity contribution >= 4 is 33.8 Å². The number of aliphatic hydroxyl groups excluding tert-OH is 1. The van der Waals surface area contributed by atoms with Crippen LogP contribution in [0.15, 0.2) is 91.4 Å². The number of benzene rings is 3. The molecule has 7 rings (SSSR count). The van der Waals surface area contributed by atoms with E-state index >= 15 is 0 Å². The minimum atomic E-state index is -0.517. The molecule has 1 unspecified atom stereocenters. The molecule has 3 aromatic carbocycles. The second kappa shape index (κ2) is 11.6. The summed E-state index contributed by atoms with van der Waals surface area (Å²) in [5, 5.41) is 14.1. The zero-order valence-electron chi connectivity index (χ0n) is 23.7. The van der Waals surface area contributed by atoms with Crippen LogP contribution in [0.1, 0.15) is 64.1 Å². The van der Waals surface area contributed by atoms with Gasteiger partial charge in [0.1, 0.15) is 17.3 Å². The SMILES string of the molecule is CCC1=c2ccc3c(c2=C(O)CC1)C(=O)C(Cc1ccc(F)cc1)c1ccccc1-3.NC(=O)c1nccc2cnccc12. The van der Waals surface area contributed by atoms with Crippen molar-refractivity contribution in [3.8, 4) is 11.1 Å². The topological polar surface area (TPSA) is 106 Å². The number of carbonyl (C=O) groups excluding carboxylic acids is 2. The summed E-state index contributed by atoms with van der Waals surface area (Å²) in [6, 6.07) is 22.0. The highest BCUT2D eigenvalue weighted by Crippen LogP contribution is 2.40. The monoisotopic (exact) mass is 571 g/mol. The van der Waals surface area contributed by atoms with Crippen LogP contribution >= 0.6 is 0 Å². The number of halogens is 1. The van der Waals surface area contributed by atoms with Crippen LogP contribution in [-0.4, -0.2) is 26.8 Å². The van der Waals surface area contributed by atoms with E-state index in [1.54, 1.807) is 42.9 Å². The van der Waals surface area contributed by atoms with Crippen LogP contribution in [0.3, 0.4) is 0 Å². The van der Waals surface area contributed by atoms with Gasteiger partial charge >= 0.3 is 0 Å². The number of aromatic nitrogens is 2. The zero-order chi connectivity index (χ0) is 30.1. The van der Waals surface area contributed by atoms with Crippen LogP contribution in [0.5, 0.6) is 0 Å². The summed E-state index contributed by atoms with van der Waals surface area (Å²) in [5.41, 5.74) is 11.2. The molecule has 3 N–H and O–H groups in total. The van der Waals surface area contributed by atoms with Gasteiger partial charge in [-0.15, -0.1) is 0 Å². The fraction of sp³-hybridized carbons (Fsp3) is 0.167. The molecular weight excluding hydrogens is 541 g/mol. The van der Waals surface area contributed by atoms with Crippen LogP contribution in [-0.2, 0) is 6.42 Å². The van der Waals surface area contributed by atoms with E-state index in [2.05, 4.69) is 29.0 Å². The lowest BCUT2D eigenvalue weighted by Gasteiger charge is -2.28. The van der Waals surface area contributed by atoms with Crippen LogP contribution in [0, 0.1) is 5.82 Å². The predicted molar refractivity (Wildman–Crippen MR) is 165 cm³/mol. The number of primary amides is 1. The van der Waals surface area contributed by atoms with Gasteiger partial charge in [0, 0.05) is 46.6 Å². The summed E-state index contributed by atoms with van der Waals surface area (Å²) in [7, 11) is 0. The number of amides is 1. The van der Waals surface area contributed by atoms with Crippen molar-refractivity contribution in [3.05, 3.63) is 130 Å². The number of fused-ring (bicyclic) bond motifs is 6. The minimum absolute atomic E-state index is 0.0359. The van der Waals surface area contributed by atoms with Gasteiger partial charge in [-0.3, -0.25) is 19.6 Å². The summed E-state index contributed by atoms with van der Waals surface area (Å²) in [6.07, 6.45) is 7.64. The van der Waals surface area contributed by atoms with E-state index in [1.807, 2.05) is 24.3 Å².